The number of piperazine rings is 1. The lowest BCUT2D eigenvalue weighted by Crippen LogP contribution is -2.57. The van der Waals surface area contributed by atoms with Crippen molar-refractivity contribution < 1.29 is 14.7 Å². The van der Waals surface area contributed by atoms with E-state index in [-0.39, 0.29) is 23.1 Å². The van der Waals surface area contributed by atoms with Gasteiger partial charge in [-0.2, -0.15) is 0 Å². The average Bonchev–Trinajstić information content (AvgIpc) is 2.41. The van der Waals surface area contributed by atoms with Crippen LogP contribution in [0.25, 0.3) is 0 Å². The molecule has 2 rings (SSSR count). The maximum absolute atomic E-state index is 12.3. The van der Waals surface area contributed by atoms with E-state index in [9.17, 15) is 14.7 Å². The molecule has 1 aliphatic heterocycles. The summed E-state index contributed by atoms with van der Waals surface area (Å²) in [6.45, 7) is 5.27. The number of carbonyl (C=O) groups excluding carboxylic acids is 2. The lowest BCUT2D eigenvalue weighted by atomic mass is 10.1. The first kappa shape index (κ1) is 13.3. The lowest BCUT2D eigenvalue weighted by molar-refractivity contribution is -0.139. The maximum Gasteiger partial charge on any atom is 0.258 e. The number of hydrogen-bond donors (Lipinski definition) is 1. The molecule has 6 heteroatoms. The molecule has 1 N–H and O–H groups in total. The topological polar surface area (TPSA) is 73.7 Å². The number of hydrogen-bond acceptors (Lipinski definition) is 4. The predicted octanol–water partition coefficient (Wildman–Crippen LogP) is 0.480. The molecular formula is C13H17N3O3. The van der Waals surface area contributed by atoms with Gasteiger partial charge in [-0.25, -0.2) is 0 Å². The smallest absolute Gasteiger partial charge is 0.258 e. The molecule has 0 unspecified atom stereocenters. The third kappa shape index (κ3) is 2.38. The highest BCUT2D eigenvalue weighted by molar-refractivity contribution is 5.99. The first-order valence-electron chi connectivity index (χ1n) is 6.29. The van der Waals surface area contributed by atoms with Crippen molar-refractivity contribution in [3.63, 3.8) is 0 Å². The van der Waals surface area contributed by atoms with Gasteiger partial charge in [0.05, 0.1) is 11.8 Å². The SMILES string of the molecule is CCN1CCN(C(=O)c2ccncc2O)[C@@H](C)C1=O. The van der Waals surface area contributed by atoms with Crippen LogP contribution in [0.4, 0.5) is 0 Å². The van der Waals surface area contributed by atoms with Crippen molar-refractivity contribution in [2.45, 2.75) is 19.9 Å². The fraction of sp³-hybridized carbons (Fsp3) is 0.462. The monoisotopic (exact) mass is 263 g/mol. The predicted molar refractivity (Wildman–Crippen MR) is 68.7 cm³/mol. The lowest BCUT2D eigenvalue weighted by Gasteiger charge is -2.38. The molecule has 0 saturated carbocycles. The summed E-state index contributed by atoms with van der Waals surface area (Å²) in [5, 5.41) is 9.66. The molecule has 2 heterocycles. The highest BCUT2D eigenvalue weighted by Gasteiger charge is 2.34. The van der Waals surface area contributed by atoms with E-state index >= 15 is 0 Å². The van der Waals surface area contributed by atoms with Gasteiger partial charge in [0.2, 0.25) is 5.91 Å². The fourth-order valence-electron chi connectivity index (χ4n) is 2.24. The summed E-state index contributed by atoms with van der Waals surface area (Å²) in [5.74, 6) is -0.558. The van der Waals surface area contributed by atoms with Gasteiger partial charge in [0.25, 0.3) is 5.91 Å². The second-order valence-electron chi connectivity index (χ2n) is 4.49. The van der Waals surface area contributed by atoms with Crippen molar-refractivity contribution in [2.75, 3.05) is 19.6 Å². The van der Waals surface area contributed by atoms with Gasteiger partial charge in [-0.1, -0.05) is 0 Å². The molecule has 1 aliphatic rings. The van der Waals surface area contributed by atoms with Crippen LogP contribution in [0.5, 0.6) is 5.75 Å². The molecule has 0 aromatic carbocycles. The van der Waals surface area contributed by atoms with Crippen LogP contribution < -0.4 is 0 Å². The van der Waals surface area contributed by atoms with Crippen LogP contribution in [0.15, 0.2) is 18.5 Å². The Balaban J connectivity index is 2.21. The van der Waals surface area contributed by atoms with E-state index in [2.05, 4.69) is 4.98 Å². The van der Waals surface area contributed by atoms with Gasteiger partial charge in [0, 0.05) is 25.8 Å². The van der Waals surface area contributed by atoms with Crippen LogP contribution >= 0.6 is 0 Å². The Morgan fingerprint density at radius 2 is 2.26 bits per heavy atom. The van der Waals surface area contributed by atoms with E-state index in [0.29, 0.717) is 19.6 Å². The minimum Gasteiger partial charge on any atom is -0.505 e. The van der Waals surface area contributed by atoms with Crippen molar-refractivity contribution in [2.24, 2.45) is 0 Å². The molecule has 0 radical (unpaired) electrons. The van der Waals surface area contributed by atoms with Gasteiger partial charge in [0.15, 0.2) is 0 Å². The van der Waals surface area contributed by atoms with Crippen LogP contribution in [0.2, 0.25) is 0 Å². The van der Waals surface area contributed by atoms with Crippen LogP contribution in [-0.2, 0) is 4.79 Å². The Morgan fingerprint density at radius 1 is 1.53 bits per heavy atom. The first-order valence-corrected chi connectivity index (χ1v) is 6.29. The van der Waals surface area contributed by atoms with Crippen LogP contribution in [-0.4, -0.2) is 57.4 Å². The number of nitrogens with zero attached hydrogens (tertiary/aromatic N) is 3. The largest absolute Gasteiger partial charge is 0.505 e. The number of amides is 2. The van der Waals surface area contributed by atoms with Crippen molar-refractivity contribution >= 4 is 11.8 Å². The fourth-order valence-corrected chi connectivity index (χ4v) is 2.24. The maximum atomic E-state index is 12.3. The number of pyridine rings is 1. The minimum absolute atomic E-state index is 0.0596. The summed E-state index contributed by atoms with van der Waals surface area (Å²) >= 11 is 0. The van der Waals surface area contributed by atoms with E-state index in [4.69, 9.17) is 0 Å². The Bertz CT molecular complexity index is 504. The van der Waals surface area contributed by atoms with Gasteiger partial charge in [-0.3, -0.25) is 14.6 Å². The Morgan fingerprint density at radius 3 is 2.89 bits per heavy atom. The van der Waals surface area contributed by atoms with Crippen molar-refractivity contribution in [3.05, 3.63) is 24.0 Å². The second kappa shape index (κ2) is 5.26. The zero-order valence-electron chi connectivity index (χ0n) is 11.0. The number of aromatic hydroxyl groups is 1. The molecule has 102 valence electrons. The Labute approximate surface area is 111 Å². The Hall–Kier alpha value is -2.11. The molecule has 0 aliphatic carbocycles. The standard InChI is InChI=1S/C13H17N3O3/c1-3-15-6-7-16(9(2)12(15)18)13(19)10-4-5-14-8-11(10)17/h4-5,8-9,17H,3,6-7H2,1-2H3/t9-/m0/s1. The molecule has 1 aromatic heterocycles. The molecule has 1 saturated heterocycles. The van der Waals surface area contributed by atoms with Gasteiger partial charge in [-0.05, 0) is 19.9 Å². The van der Waals surface area contributed by atoms with E-state index < -0.39 is 6.04 Å². The van der Waals surface area contributed by atoms with E-state index in [1.165, 1.54) is 23.4 Å². The van der Waals surface area contributed by atoms with Gasteiger partial charge < -0.3 is 14.9 Å². The van der Waals surface area contributed by atoms with Gasteiger partial charge in [0.1, 0.15) is 11.8 Å². The summed E-state index contributed by atoms with van der Waals surface area (Å²) < 4.78 is 0. The number of likely N-dealkylation sites (N-methyl/N-ethyl adjacent to an activating group) is 1. The Kier molecular flexibility index (Phi) is 3.69. The zero-order valence-corrected chi connectivity index (χ0v) is 11.0. The third-order valence-electron chi connectivity index (χ3n) is 3.42. The van der Waals surface area contributed by atoms with Crippen molar-refractivity contribution in [3.8, 4) is 5.75 Å². The molecule has 0 spiro atoms. The number of rotatable bonds is 2. The van der Waals surface area contributed by atoms with Crippen LogP contribution in [0.1, 0.15) is 24.2 Å². The molecule has 1 atom stereocenters. The third-order valence-corrected chi connectivity index (χ3v) is 3.42. The average molecular weight is 263 g/mol. The molecule has 0 bridgehead atoms. The highest BCUT2D eigenvalue weighted by Crippen LogP contribution is 2.20. The zero-order chi connectivity index (χ0) is 14.0. The summed E-state index contributed by atoms with van der Waals surface area (Å²) in [5.41, 5.74) is 0.180. The normalized spacial score (nSPS) is 19.7. The van der Waals surface area contributed by atoms with Gasteiger partial charge in [-0.15, -0.1) is 0 Å². The number of carbonyl (C=O) groups is 2. The summed E-state index contributed by atoms with van der Waals surface area (Å²) in [6, 6.07) is 0.954. The molecular weight excluding hydrogens is 246 g/mol. The molecule has 2 amide bonds. The van der Waals surface area contributed by atoms with E-state index in [1.807, 2.05) is 6.92 Å². The first-order chi connectivity index (χ1) is 9.06. The molecule has 6 nitrogen and oxygen atoms in total. The summed E-state index contributed by atoms with van der Waals surface area (Å²) in [6.07, 6.45) is 2.67. The summed E-state index contributed by atoms with van der Waals surface area (Å²) in [7, 11) is 0. The van der Waals surface area contributed by atoms with Crippen molar-refractivity contribution in [1.29, 1.82) is 0 Å². The molecule has 19 heavy (non-hydrogen) atoms. The second-order valence-corrected chi connectivity index (χ2v) is 4.49. The van der Waals surface area contributed by atoms with Crippen LogP contribution in [0.3, 0.4) is 0 Å². The molecule has 1 fully saturated rings. The van der Waals surface area contributed by atoms with Crippen molar-refractivity contribution in [1.82, 2.24) is 14.8 Å². The van der Waals surface area contributed by atoms with Crippen LogP contribution in [0, 0.1) is 0 Å². The minimum atomic E-state index is -0.506. The van der Waals surface area contributed by atoms with E-state index in [1.54, 1.807) is 11.8 Å². The highest BCUT2D eigenvalue weighted by atomic mass is 16.3. The quantitative estimate of drug-likeness (QED) is 0.842. The van der Waals surface area contributed by atoms with E-state index in [0.717, 1.165) is 0 Å². The molecule has 1 aromatic rings. The summed E-state index contributed by atoms with van der Waals surface area (Å²) in [4.78, 5) is 31.3. The van der Waals surface area contributed by atoms with Gasteiger partial charge >= 0.3 is 0 Å². The number of aromatic nitrogens is 1.